The molecule has 144 valence electrons. The van der Waals surface area contributed by atoms with Crippen LogP contribution in [0.4, 0.5) is 5.69 Å². The molecule has 28 heavy (non-hydrogen) atoms. The van der Waals surface area contributed by atoms with Gasteiger partial charge in [0.15, 0.2) is 0 Å². The van der Waals surface area contributed by atoms with Crippen molar-refractivity contribution in [3.63, 3.8) is 0 Å². The number of hydrogen-bond acceptors (Lipinski definition) is 5. The number of thioether (sulfide) groups is 1. The van der Waals surface area contributed by atoms with Crippen molar-refractivity contribution in [3.05, 3.63) is 70.5 Å². The van der Waals surface area contributed by atoms with Gasteiger partial charge in [0, 0.05) is 5.69 Å². The molecule has 0 saturated carbocycles. The van der Waals surface area contributed by atoms with Crippen LogP contribution in [-0.2, 0) is 4.79 Å². The first-order valence-corrected chi connectivity index (χ1v) is 10.1. The molecule has 2 atom stereocenters. The predicted octanol–water partition coefficient (Wildman–Crippen LogP) is 3.91. The third kappa shape index (κ3) is 3.49. The lowest BCUT2D eigenvalue weighted by Crippen LogP contribution is -2.41. The molecule has 3 aromatic rings. The Bertz CT molecular complexity index is 1030. The van der Waals surface area contributed by atoms with Gasteiger partial charge in [-0.3, -0.25) is 4.79 Å². The van der Waals surface area contributed by atoms with Crippen molar-refractivity contribution < 1.29 is 4.79 Å². The summed E-state index contributed by atoms with van der Waals surface area (Å²) in [4.78, 5) is 13.2. The summed E-state index contributed by atoms with van der Waals surface area (Å²) in [5.41, 5.74) is 8.73. The summed E-state index contributed by atoms with van der Waals surface area (Å²) < 4.78 is 1.86. The molecule has 0 fully saturated rings. The number of amides is 1. The second-order valence-corrected chi connectivity index (χ2v) is 8.34. The van der Waals surface area contributed by atoms with Crippen LogP contribution in [-0.4, -0.2) is 26.0 Å². The van der Waals surface area contributed by atoms with Gasteiger partial charge in [0.1, 0.15) is 11.1 Å². The second-order valence-electron chi connectivity index (χ2n) is 7.23. The van der Waals surface area contributed by atoms with Crippen LogP contribution >= 0.6 is 11.8 Å². The van der Waals surface area contributed by atoms with Crippen molar-refractivity contribution in [1.82, 2.24) is 14.9 Å². The van der Waals surface area contributed by atoms with Crippen molar-refractivity contribution in [2.45, 2.75) is 44.1 Å². The van der Waals surface area contributed by atoms with Crippen LogP contribution < -0.4 is 10.7 Å². The number of fused-ring (bicyclic) bond motifs is 1. The highest BCUT2D eigenvalue weighted by Gasteiger charge is 2.37. The number of nitrogens with zero attached hydrogens (tertiary/aromatic N) is 3. The molecule has 0 radical (unpaired) electrons. The third-order valence-corrected chi connectivity index (χ3v) is 6.15. The Morgan fingerprint density at radius 3 is 2.46 bits per heavy atom. The number of aromatic nitrogens is 3. The summed E-state index contributed by atoms with van der Waals surface area (Å²) in [6.45, 7) is 8.00. The molecule has 2 aromatic carbocycles. The number of nitrogens with one attached hydrogen (secondary N) is 2. The van der Waals surface area contributed by atoms with Gasteiger partial charge in [0.2, 0.25) is 11.1 Å². The average molecular weight is 394 g/mol. The molecule has 2 heterocycles. The number of carbonyl (C=O) groups excluding carboxylic acids is 1. The van der Waals surface area contributed by atoms with Gasteiger partial charge in [-0.05, 0) is 44.9 Å². The fourth-order valence-corrected chi connectivity index (χ4v) is 4.47. The summed E-state index contributed by atoms with van der Waals surface area (Å²) in [5.74, 6) is 0.717. The standard InChI is InChI=1S/C21H23N5OS/c1-12-5-8-16(9-6-12)18-19(28-21-24-23-15(4)26(21)25-18)20(27)22-17-10-7-13(2)11-14(17)3/h5-11,18-19,25H,1-4H3,(H,22,27)/t18-,19-/m0/s1. The zero-order valence-corrected chi connectivity index (χ0v) is 17.2. The summed E-state index contributed by atoms with van der Waals surface area (Å²) in [7, 11) is 0. The van der Waals surface area contributed by atoms with Gasteiger partial charge in [-0.1, -0.05) is 59.3 Å². The molecule has 4 rings (SSSR count). The number of benzene rings is 2. The molecule has 1 aromatic heterocycles. The van der Waals surface area contributed by atoms with Crippen molar-refractivity contribution in [2.75, 3.05) is 10.7 Å². The van der Waals surface area contributed by atoms with Gasteiger partial charge in [-0.15, -0.1) is 10.2 Å². The van der Waals surface area contributed by atoms with E-state index in [4.69, 9.17) is 0 Å². The molecule has 0 bridgehead atoms. The van der Waals surface area contributed by atoms with E-state index in [-0.39, 0.29) is 17.2 Å². The molecule has 1 amide bonds. The van der Waals surface area contributed by atoms with E-state index in [2.05, 4.69) is 58.2 Å². The normalized spacial score (nSPS) is 18.3. The maximum Gasteiger partial charge on any atom is 0.240 e. The lowest BCUT2D eigenvalue weighted by molar-refractivity contribution is -0.116. The molecular formula is C21H23N5OS. The lowest BCUT2D eigenvalue weighted by Gasteiger charge is -2.33. The van der Waals surface area contributed by atoms with E-state index in [0.717, 1.165) is 22.6 Å². The zero-order valence-electron chi connectivity index (χ0n) is 16.4. The van der Waals surface area contributed by atoms with E-state index < -0.39 is 0 Å². The SMILES string of the molecule is Cc1ccc([C@@H]2Nn3c(C)nnc3S[C@@H]2C(=O)Nc2ccc(C)cc2C)cc1. The first kappa shape index (κ1) is 18.6. The zero-order chi connectivity index (χ0) is 19.8. The fourth-order valence-electron chi connectivity index (χ4n) is 3.34. The van der Waals surface area contributed by atoms with E-state index in [9.17, 15) is 4.79 Å². The highest BCUT2D eigenvalue weighted by atomic mass is 32.2. The van der Waals surface area contributed by atoms with Gasteiger partial charge in [-0.25, -0.2) is 4.68 Å². The highest BCUT2D eigenvalue weighted by molar-refractivity contribution is 8.00. The quantitative estimate of drug-likeness (QED) is 0.706. The summed E-state index contributed by atoms with van der Waals surface area (Å²) >= 11 is 1.44. The number of anilines is 1. The minimum atomic E-state index is -0.375. The smallest absolute Gasteiger partial charge is 0.240 e. The molecule has 6 nitrogen and oxygen atoms in total. The Morgan fingerprint density at radius 2 is 1.75 bits per heavy atom. The number of aryl methyl sites for hydroxylation is 4. The van der Waals surface area contributed by atoms with Crippen LogP contribution in [0.2, 0.25) is 0 Å². The van der Waals surface area contributed by atoms with E-state index in [1.165, 1.54) is 22.9 Å². The van der Waals surface area contributed by atoms with E-state index in [0.29, 0.717) is 5.16 Å². The Labute approximate surface area is 168 Å². The Kier molecular flexibility index (Phi) is 4.85. The van der Waals surface area contributed by atoms with Crippen LogP contribution in [0.1, 0.15) is 34.1 Å². The van der Waals surface area contributed by atoms with E-state index in [1.807, 2.05) is 37.6 Å². The van der Waals surface area contributed by atoms with Gasteiger partial charge in [0.25, 0.3) is 0 Å². The second kappa shape index (κ2) is 7.31. The molecule has 1 aliphatic rings. The molecule has 0 saturated heterocycles. The number of rotatable bonds is 3. The molecule has 2 N–H and O–H groups in total. The molecule has 0 unspecified atom stereocenters. The van der Waals surface area contributed by atoms with Crippen LogP contribution in [0.15, 0.2) is 47.6 Å². The first-order chi connectivity index (χ1) is 13.4. The Morgan fingerprint density at radius 1 is 1.04 bits per heavy atom. The summed E-state index contributed by atoms with van der Waals surface area (Å²) in [6.07, 6.45) is 0. The minimum Gasteiger partial charge on any atom is -0.325 e. The molecule has 0 aliphatic carbocycles. The monoisotopic (exact) mass is 393 g/mol. The number of hydrogen-bond donors (Lipinski definition) is 2. The maximum absolute atomic E-state index is 13.2. The van der Waals surface area contributed by atoms with Crippen LogP contribution in [0, 0.1) is 27.7 Å². The molecule has 7 heteroatoms. The Balaban J connectivity index is 1.67. The van der Waals surface area contributed by atoms with Gasteiger partial charge >= 0.3 is 0 Å². The molecular weight excluding hydrogens is 370 g/mol. The van der Waals surface area contributed by atoms with Crippen molar-refractivity contribution >= 4 is 23.4 Å². The van der Waals surface area contributed by atoms with Gasteiger partial charge < -0.3 is 10.7 Å². The van der Waals surface area contributed by atoms with Gasteiger partial charge in [-0.2, -0.15) is 0 Å². The van der Waals surface area contributed by atoms with Crippen molar-refractivity contribution in [1.29, 1.82) is 0 Å². The molecule has 1 aliphatic heterocycles. The summed E-state index contributed by atoms with van der Waals surface area (Å²) in [5, 5.41) is 11.8. The minimum absolute atomic E-state index is 0.0538. The topological polar surface area (TPSA) is 71.8 Å². The van der Waals surface area contributed by atoms with Crippen LogP contribution in [0.5, 0.6) is 0 Å². The van der Waals surface area contributed by atoms with Crippen molar-refractivity contribution in [3.8, 4) is 0 Å². The summed E-state index contributed by atoms with van der Waals surface area (Å²) in [6, 6.07) is 14.1. The van der Waals surface area contributed by atoms with Gasteiger partial charge in [0.05, 0.1) is 6.04 Å². The first-order valence-electron chi connectivity index (χ1n) is 9.22. The van der Waals surface area contributed by atoms with Crippen molar-refractivity contribution in [2.24, 2.45) is 0 Å². The average Bonchev–Trinajstić information content (AvgIpc) is 3.04. The van der Waals surface area contributed by atoms with Crippen LogP contribution in [0.25, 0.3) is 0 Å². The molecule has 0 spiro atoms. The highest BCUT2D eigenvalue weighted by Crippen LogP contribution is 2.37. The van der Waals surface area contributed by atoms with E-state index >= 15 is 0 Å². The maximum atomic E-state index is 13.2. The largest absolute Gasteiger partial charge is 0.325 e. The van der Waals surface area contributed by atoms with E-state index in [1.54, 1.807) is 0 Å². The lowest BCUT2D eigenvalue weighted by atomic mass is 10.0. The predicted molar refractivity (Wildman–Crippen MR) is 112 cm³/mol. The Hall–Kier alpha value is -2.80. The number of carbonyl (C=O) groups is 1. The third-order valence-electron chi connectivity index (χ3n) is 4.93. The fraction of sp³-hybridized carbons (Fsp3) is 0.286. The van der Waals surface area contributed by atoms with Crippen LogP contribution in [0.3, 0.4) is 0 Å².